The standard InChI is InChI=1S/C51H95NO9/c1-3-5-7-9-11-13-15-17-18-19-20-21-22-23-24-25-26-27-28-30-32-34-36-38-40-45(55)50(59)52-43(42-60-51-49(58)48(57)47(56)46(41-53)61-51)44(54)39-37-35-33-31-29-16-14-12-10-8-6-4-2/h20-21,23-24,37,39,43-49,51,53-58H,3-19,22,25-36,38,40-42H2,1-2H3,(H,52,59)/b21-20-,24-23-,39-37+. The number of hydrogen-bond donors (Lipinski definition) is 7. The number of carbonyl (C=O) groups is 1. The molecule has 1 rings (SSSR count). The Kier molecular flexibility index (Phi) is 38.7. The summed E-state index contributed by atoms with van der Waals surface area (Å²) >= 11 is 0. The highest BCUT2D eigenvalue weighted by atomic mass is 16.7. The van der Waals surface area contributed by atoms with E-state index in [1.807, 2.05) is 6.08 Å². The fraction of sp³-hybridized carbons (Fsp3) is 0.863. The topological polar surface area (TPSA) is 169 Å². The van der Waals surface area contributed by atoms with Crippen molar-refractivity contribution < 1.29 is 44.9 Å². The molecule has 358 valence electrons. The van der Waals surface area contributed by atoms with Crippen LogP contribution < -0.4 is 5.32 Å². The van der Waals surface area contributed by atoms with Crippen LogP contribution in [0.15, 0.2) is 36.5 Å². The average molecular weight is 866 g/mol. The molecule has 61 heavy (non-hydrogen) atoms. The molecular formula is C51H95NO9. The number of allylic oxidation sites excluding steroid dienone is 5. The summed E-state index contributed by atoms with van der Waals surface area (Å²) < 4.78 is 11.1. The Bertz CT molecular complexity index is 1070. The van der Waals surface area contributed by atoms with Gasteiger partial charge in [-0.1, -0.05) is 204 Å². The summed E-state index contributed by atoms with van der Waals surface area (Å²) in [6.07, 6.45) is 40.9. The minimum atomic E-state index is -1.61. The molecule has 1 heterocycles. The van der Waals surface area contributed by atoms with E-state index in [4.69, 9.17) is 9.47 Å². The van der Waals surface area contributed by atoms with Crippen molar-refractivity contribution in [1.29, 1.82) is 0 Å². The van der Waals surface area contributed by atoms with Gasteiger partial charge in [-0.25, -0.2) is 0 Å². The van der Waals surface area contributed by atoms with E-state index in [1.165, 1.54) is 141 Å². The van der Waals surface area contributed by atoms with Crippen LogP contribution in [0.5, 0.6) is 0 Å². The minimum absolute atomic E-state index is 0.303. The van der Waals surface area contributed by atoms with Gasteiger partial charge in [0.05, 0.1) is 25.4 Å². The van der Waals surface area contributed by atoms with Crippen LogP contribution >= 0.6 is 0 Å². The van der Waals surface area contributed by atoms with E-state index in [1.54, 1.807) is 6.08 Å². The first-order valence-corrected chi connectivity index (χ1v) is 25.3. The highest BCUT2D eigenvalue weighted by Gasteiger charge is 2.44. The molecule has 1 aliphatic heterocycles. The van der Waals surface area contributed by atoms with Crippen LogP contribution in [0.4, 0.5) is 0 Å². The zero-order valence-electron chi connectivity index (χ0n) is 39.0. The quantitative estimate of drug-likeness (QED) is 0.0233. The normalized spacial score (nSPS) is 21.2. The average Bonchev–Trinajstić information content (AvgIpc) is 3.26. The first-order valence-electron chi connectivity index (χ1n) is 25.3. The van der Waals surface area contributed by atoms with Crippen LogP contribution in [0.25, 0.3) is 0 Å². The van der Waals surface area contributed by atoms with Gasteiger partial charge >= 0.3 is 0 Å². The Labute approximate surface area is 373 Å². The van der Waals surface area contributed by atoms with Crippen LogP contribution in [-0.2, 0) is 14.3 Å². The van der Waals surface area contributed by atoms with E-state index in [0.29, 0.717) is 12.8 Å². The number of aliphatic hydroxyl groups is 6. The summed E-state index contributed by atoms with van der Waals surface area (Å²) in [7, 11) is 0. The van der Waals surface area contributed by atoms with Crippen molar-refractivity contribution in [3.8, 4) is 0 Å². The second kappa shape index (κ2) is 41.1. The molecule has 8 unspecified atom stereocenters. The number of amides is 1. The van der Waals surface area contributed by atoms with Gasteiger partial charge in [-0.05, 0) is 51.4 Å². The van der Waals surface area contributed by atoms with Crippen molar-refractivity contribution in [3.05, 3.63) is 36.5 Å². The van der Waals surface area contributed by atoms with Crippen molar-refractivity contribution in [1.82, 2.24) is 5.32 Å². The lowest BCUT2D eigenvalue weighted by atomic mass is 9.99. The van der Waals surface area contributed by atoms with E-state index >= 15 is 0 Å². The monoisotopic (exact) mass is 866 g/mol. The van der Waals surface area contributed by atoms with Crippen molar-refractivity contribution in [2.75, 3.05) is 13.2 Å². The molecule has 0 radical (unpaired) electrons. The van der Waals surface area contributed by atoms with Crippen LogP contribution in [0, 0.1) is 0 Å². The van der Waals surface area contributed by atoms with Crippen LogP contribution in [0.2, 0.25) is 0 Å². The van der Waals surface area contributed by atoms with Crippen LogP contribution in [-0.4, -0.2) is 98.7 Å². The van der Waals surface area contributed by atoms with E-state index < -0.39 is 61.5 Å². The van der Waals surface area contributed by atoms with E-state index in [9.17, 15) is 35.4 Å². The predicted octanol–water partition coefficient (Wildman–Crippen LogP) is 10.2. The number of unbranched alkanes of at least 4 members (excludes halogenated alkanes) is 27. The summed E-state index contributed by atoms with van der Waals surface area (Å²) in [6, 6.07) is -0.981. The molecule has 10 heteroatoms. The molecule has 0 saturated carbocycles. The van der Waals surface area contributed by atoms with Crippen molar-refractivity contribution in [2.24, 2.45) is 0 Å². The third-order valence-electron chi connectivity index (χ3n) is 12.1. The molecule has 0 aromatic heterocycles. The van der Waals surface area contributed by atoms with Crippen LogP contribution in [0.3, 0.4) is 0 Å². The molecule has 10 nitrogen and oxygen atoms in total. The van der Waals surface area contributed by atoms with Gasteiger partial charge in [-0.3, -0.25) is 4.79 Å². The maximum absolute atomic E-state index is 13.1. The Morgan fingerprint density at radius 1 is 0.574 bits per heavy atom. The first kappa shape index (κ1) is 57.4. The molecule has 1 amide bonds. The molecule has 0 aromatic rings. The molecule has 0 spiro atoms. The number of rotatable bonds is 42. The van der Waals surface area contributed by atoms with Gasteiger partial charge < -0.3 is 45.4 Å². The molecule has 0 aromatic carbocycles. The van der Waals surface area contributed by atoms with Gasteiger partial charge in [-0.15, -0.1) is 0 Å². The van der Waals surface area contributed by atoms with Crippen LogP contribution in [0.1, 0.15) is 219 Å². The highest BCUT2D eigenvalue weighted by molar-refractivity contribution is 5.80. The second-order valence-electron chi connectivity index (χ2n) is 17.8. The van der Waals surface area contributed by atoms with Crippen molar-refractivity contribution in [3.63, 3.8) is 0 Å². The second-order valence-corrected chi connectivity index (χ2v) is 17.8. The fourth-order valence-corrected chi connectivity index (χ4v) is 7.90. The lowest BCUT2D eigenvalue weighted by molar-refractivity contribution is -0.302. The molecular weight excluding hydrogens is 771 g/mol. The number of nitrogens with one attached hydrogen (secondary N) is 1. The third-order valence-corrected chi connectivity index (χ3v) is 12.1. The Morgan fingerprint density at radius 3 is 1.46 bits per heavy atom. The molecule has 0 bridgehead atoms. The summed E-state index contributed by atoms with van der Waals surface area (Å²) in [5, 5.41) is 64.7. The maximum Gasteiger partial charge on any atom is 0.249 e. The highest BCUT2D eigenvalue weighted by Crippen LogP contribution is 2.23. The zero-order chi connectivity index (χ0) is 44.6. The van der Waals surface area contributed by atoms with Gasteiger partial charge in [0.2, 0.25) is 5.91 Å². The summed E-state index contributed by atoms with van der Waals surface area (Å²) in [5.41, 5.74) is 0. The summed E-state index contributed by atoms with van der Waals surface area (Å²) in [4.78, 5) is 13.1. The number of ether oxygens (including phenoxy) is 2. The first-order chi connectivity index (χ1) is 29.8. The van der Waals surface area contributed by atoms with Gasteiger partial charge in [0.25, 0.3) is 0 Å². The largest absolute Gasteiger partial charge is 0.394 e. The van der Waals surface area contributed by atoms with Gasteiger partial charge in [0, 0.05) is 0 Å². The van der Waals surface area contributed by atoms with Crippen molar-refractivity contribution in [2.45, 2.75) is 268 Å². The number of hydrogen-bond acceptors (Lipinski definition) is 9. The van der Waals surface area contributed by atoms with E-state index in [0.717, 1.165) is 51.4 Å². The molecule has 1 saturated heterocycles. The minimum Gasteiger partial charge on any atom is -0.394 e. The predicted molar refractivity (Wildman–Crippen MR) is 250 cm³/mol. The molecule has 0 aliphatic carbocycles. The lowest BCUT2D eigenvalue weighted by Gasteiger charge is -2.40. The molecule has 8 atom stereocenters. The fourth-order valence-electron chi connectivity index (χ4n) is 7.90. The van der Waals surface area contributed by atoms with Gasteiger partial charge in [0.15, 0.2) is 6.29 Å². The summed E-state index contributed by atoms with van der Waals surface area (Å²) in [6.45, 7) is 3.60. The smallest absolute Gasteiger partial charge is 0.249 e. The Balaban J connectivity index is 2.31. The Hall–Kier alpha value is -1.63. The SMILES string of the molecule is CCCCCCCCCCC/C=C\C/C=C\CCCCCCCCCCC(O)C(=O)NC(COC1OC(CO)C(O)C(O)C1O)C(O)/C=C/CCCCCCCCCCCC. The molecule has 7 N–H and O–H groups in total. The summed E-state index contributed by atoms with van der Waals surface area (Å²) in [5.74, 6) is -0.622. The number of aliphatic hydroxyl groups excluding tert-OH is 6. The number of carbonyl (C=O) groups excluding carboxylic acids is 1. The molecule has 1 aliphatic rings. The van der Waals surface area contributed by atoms with Gasteiger partial charge in [-0.2, -0.15) is 0 Å². The van der Waals surface area contributed by atoms with E-state index in [-0.39, 0.29) is 6.61 Å². The Morgan fingerprint density at radius 2 is 1.00 bits per heavy atom. The molecule has 1 fully saturated rings. The van der Waals surface area contributed by atoms with E-state index in [2.05, 4.69) is 43.5 Å². The van der Waals surface area contributed by atoms with Gasteiger partial charge in [0.1, 0.15) is 30.5 Å². The maximum atomic E-state index is 13.1. The third kappa shape index (κ3) is 31.0. The lowest BCUT2D eigenvalue weighted by Crippen LogP contribution is -2.60. The van der Waals surface area contributed by atoms with Crippen molar-refractivity contribution >= 4 is 5.91 Å². The zero-order valence-corrected chi connectivity index (χ0v) is 39.0.